The van der Waals surface area contributed by atoms with Crippen molar-refractivity contribution in [2.45, 2.75) is 32.2 Å². The molecule has 0 spiro atoms. The van der Waals surface area contributed by atoms with E-state index in [0.717, 1.165) is 30.4 Å². The minimum atomic E-state index is -0.0201. The summed E-state index contributed by atoms with van der Waals surface area (Å²) in [5.74, 6) is 5.76. The number of nitrogens with two attached hydrogens (primary N) is 1. The number of hydrogen-bond donors (Lipinski definition) is 2. The molecule has 21 heavy (non-hydrogen) atoms. The molecule has 0 heterocycles. The Labute approximate surface area is 125 Å². The molecule has 4 nitrogen and oxygen atoms in total. The lowest BCUT2D eigenvalue weighted by Crippen LogP contribution is -2.45. The van der Waals surface area contributed by atoms with E-state index in [1.807, 2.05) is 19.1 Å². The van der Waals surface area contributed by atoms with Crippen molar-refractivity contribution in [3.8, 4) is 11.8 Å². The summed E-state index contributed by atoms with van der Waals surface area (Å²) in [6.45, 7) is 2.63. The molecule has 2 rings (SSSR count). The Morgan fingerprint density at radius 3 is 2.76 bits per heavy atom. The van der Waals surface area contributed by atoms with Gasteiger partial charge in [-0.3, -0.25) is 4.79 Å². The van der Waals surface area contributed by atoms with Crippen molar-refractivity contribution in [3.63, 3.8) is 0 Å². The lowest BCUT2D eigenvalue weighted by molar-refractivity contribution is 0.0525. The number of aryl methyl sites for hydroxylation is 1. The average Bonchev–Trinajstić information content (AvgIpc) is 2.41. The Balaban J connectivity index is 2.25. The van der Waals surface area contributed by atoms with Crippen LogP contribution >= 0.6 is 0 Å². The molecule has 1 aliphatic rings. The summed E-state index contributed by atoms with van der Waals surface area (Å²) in [7, 11) is 0. The van der Waals surface area contributed by atoms with Crippen LogP contribution in [0.3, 0.4) is 0 Å². The second kappa shape index (κ2) is 7.26. The van der Waals surface area contributed by atoms with Crippen molar-refractivity contribution < 1.29 is 9.90 Å². The van der Waals surface area contributed by atoms with Crippen LogP contribution in [0, 0.1) is 18.8 Å². The van der Waals surface area contributed by atoms with Crippen molar-refractivity contribution in [1.29, 1.82) is 0 Å². The van der Waals surface area contributed by atoms with E-state index in [1.165, 1.54) is 0 Å². The number of nitrogens with zero attached hydrogens (tertiary/aromatic N) is 1. The summed E-state index contributed by atoms with van der Waals surface area (Å²) >= 11 is 0. The van der Waals surface area contributed by atoms with Gasteiger partial charge < -0.3 is 15.7 Å². The van der Waals surface area contributed by atoms with Crippen LogP contribution in [0.25, 0.3) is 0 Å². The third-order valence-corrected chi connectivity index (χ3v) is 3.78. The van der Waals surface area contributed by atoms with E-state index in [9.17, 15) is 9.90 Å². The van der Waals surface area contributed by atoms with Gasteiger partial charge in [0.15, 0.2) is 0 Å². The SMILES string of the molecule is Cc1cc(C#CCN)cc(C(=O)N(CCO)C2CCC2)c1. The van der Waals surface area contributed by atoms with Crippen LogP contribution in [0.2, 0.25) is 0 Å². The Bertz CT molecular complexity index is 568. The van der Waals surface area contributed by atoms with Gasteiger partial charge in [-0.25, -0.2) is 0 Å². The second-order valence-electron chi connectivity index (χ2n) is 5.40. The van der Waals surface area contributed by atoms with Gasteiger partial charge in [0.1, 0.15) is 0 Å². The van der Waals surface area contributed by atoms with Crippen molar-refractivity contribution in [2.24, 2.45) is 5.73 Å². The fourth-order valence-electron chi connectivity index (χ4n) is 2.55. The summed E-state index contributed by atoms with van der Waals surface area (Å²) in [4.78, 5) is 14.5. The molecule has 0 aliphatic heterocycles. The van der Waals surface area contributed by atoms with Crippen LogP contribution in [0.4, 0.5) is 0 Å². The molecule has 4 heteroatoms. The van der Waals surface area contributed by atoms with Crippen LogP contribution in [0.15, 0.2) is 18.2 Å². The van der Waals surface area contributed by atoms with Crippen LogP contribution in [0.5, 0.6) is 0 Å². The number of carbonyl (C=O) groups is 1. The first-order valence-electron chi connectivity index (χ1n) is 7.38. The molecule has 0 atom stereocenters. The number of aliphatic hydroxyl groups excluding tert-OH is 1. The largest absolute Gasteiger partial charge is 0.395 e. The van der Waals surface area contributed by atoms with E-state index in [2.05, 4.69) is 11.8 Å². The molecule has 0 aromatic heterocycles. The Morgan fingerprint density at radius 2 is 2.19 bits per heavy atom. The fraction of sp³-hybridized carbons (Fsp3) is 0.471. The van der Waals surface area contributed by atoms with Gasteiger partial charge in [0.05, 0.1) is 13.2 Å². The van der Waals surface area contributed by atoms with Gasteiger partial charge in [-0.05, 0) is 49.9 Å². The van der Waals surface area contributed by atoms with Crippen LogP contribution < -0.4 is 5.73 Å². The maximum atomic E-state index is 12.7. The molecule has 0 bridgehead atoms. The zero-order valence-corrected chi connectivity index (χ0v) is 12.4. The topological polar surface area (TPSA) is 66.6 Å². The molecule has 0 saturated heterocycles. The van der Waals surface area contributed by atoms with Crippen molar-refractivity contribution in [3.05, 3.63) is 34.9 Å². The van der Waals surface area contributed by atoms with Crippen LogP contribution in [-0.2, 0) is 0 Å². The lowest BCUT2D eigenvalue weighted by Gasteiger charge is -2.37. The predicted octanol–water partition coefficient (Wildman–Crippen LogP) is 1.29. The van der Waals surface area contributed by atoms with E-state index < -0.39 is 0 Å². The number of rotatable bonds is 4. The van der Waals surface area contributed by atoms with Gasteiger partial charge in [-0.2, -0.15) is 0 Å². The quantitative estimate of drug-likeness (QED) is 0.820. The van der Waals surface area contributed by atoms with Gasteiger partial charge >= 0.3 is 0 Å². The molecule has 3 N–H and O–H groups in total. The zero-order valence-electron chi connectivity index (χ0n) is 12.4. The first-order chi connectivity index (χ1) is 10.2. The molecule has 0 unspecified atom stereocenters. The van der Waals surface area contributed by atoms with Crippen molar-refractivity contribution in [1.82, 2.24) is 4.90 Å². The molecular formula is C17H22N2O2. The molecule has 1 amide bonds. The highest BCUT2D eigenvalue weighted by Crippen LogP contribution is 2.26. The highest BCUT2D eigenvalue weighted by atomic mass is 16.3. The van der Waals surface area contributed by atoms with Gasteiger partial charge in [-0.15, -0.1) is 0 Å². The average molecular weight is 286 g/mol. The molecule has 112 valence electrons. The minimum Gasteiger partial charge on any atom is -0.395 e. The molecule has 1 saturated carbocycles. The van der Waals surface area contributed by atoms with Crippen molar-refractivity contribution in [2.75, 3.05) is 19.7 Å². The van der Waals surface area contributed by atoms with Gasteiger partial charge in [-0.1, -0.05) is 11.8 Å². The molecule has 1 fully saturated rings. The number of benzene rings is 1. The highest BCUT2D eigenvalue weighted by molar-refractivity contribution is 5.95. The minimum absolute atomic E-state index is 0.00606. The summed E-state index contributed by atoms with van der Waals surface area (Å²) in [6.07, 6.45) is 3.20. The first kappa shape index (κ1) is 15.6. The second-order valence-corrected chi connectivity index (χ2v) is 5.40. The lowest BCUT2D eigenvalue weighted by atomic mass is 9.90. The summed E-state index contributed by atoms with van der Waals surface area (Å²) < 4.78 is 0. The summed E-state index contributed by atoms with van der Waals surface area (Å²) in [5, 5.41) is 9.20. The molecular weight excluding hydrogens is 264 g/mol. The van der Waals surface area contributed by atoms with E-state index in [-0.39, 0.29) is 18.6 Å². The summed E-state index contributed by atoms with van der Waals surface area (Å²) in [5.41, 5.74) is 7.83. The van der Waals surface area contributed by atoms with Crippen LogP contribution in [-0.4, -0.2) is 41.7 Å². The number of hydrogen-bond acceptors (Lipinski definition) is 3. The molecule has 0 radical (unpaired) electrons. The third kappa shape index (κ3) is 3.84. The third-order valence-electron chi connectivity index (χ3n) is 3.78. The first-order valence-corrected chi connectivity index (χ1v) is 7.38. The van der Waals surface area contributed by atoms with E-state index in [1.54, 1.807) is 11.0 Å². The standard InChI is InChI=1S/C17H22N2O2/c1-13-10-14(4-3-7-18)12-15(11-13)17(21)19(8-9-20)16-5-2-6-16/h10-12,16,20H,2,5-9,18H2,1H3. The maximum Gasteiger partial charge on any atom is 0.254 e. The Hall–Kier alpha value is -1.83. The smallest absolute Gasteiger partial charge is 0.254 e. The van der Waals surface area contributed by atoms with E-state index in [4.69, 9.17) is 5.73 Å². The maximum absolute atomic E-state index is 12.7. The van der Waals surface area contributed by atoms with Crippen LogP contribution in [0.1, 0.15) is 40.7 Å². The number of aliphatic hydroxyl groups is 1. The normalized spacial score (nSPS) is 14.0. The Kier molecular flexibility index (Phi) is 5.38. The monoisotopic (exact) mass is 286 g/mol. The van der Waals surface area contributed by atoms with E-state index >= 15 is 0 Å². The van der Waals surface area contributed by atoms with Gasteiger partial charge in [0.2, 0.25) is 0 Å². The fourth-order valence-corrected chi connectivity index (χ4v) is 2.55. The molecule has 1 aromatic rings. The summed E-state index contributed by atoms with van der Waals surface area (Å²) in [6, 6.07) is 5.89. The van der Waals surface area contributed by atoms with E-state index in [0.29, 0.717) is 18.7 Å². The van der Waals surface area contributed by atoms with Gasteiger partial charge in [0, 0.05) is 23.7 Å². The highest BCUT2D eigenvalue weighted by Gasteiger charge is 2.29. The molecule has 1 aliphatic carbocycles. The Morgan fingerprint density at radius 1 is 1.43 bits per heavy atom. The molecule has 1 aromatic carbocycles. The predicted molar refractivity (Wildman–Crippen MR) is 82.9 cm³/mol. The van der Waals surface area contributed by atoms with Gasteiger partial charge in [0.25, 0.3) is 5.91 Å². The zero-order chi connectivity index (χ0) is 15.2. The number of carbonyl (C=O) groups excluding carboxylic acids is 1. The number of amides is 1. The van der Waals surface area contributed by atoms with Crippen molar-refractivity contribution >= 4 is 5.91 Å².